The zero-order valence-corrected chi connectivity index (χ0v) is 14.0. The lowest BCUT2D eigenvalue weighted by Gasteiger charge is -2.11. The van der Waals surface area contributed by atoms with E-state index in [1.165, 1.54) is 7.11 Å². The molecule has 1 amide bonds. The number of hydrogen-bond donors (Lipinski definition) is 1. The Bertz CT molecular complexity index is 930. The van der Waals surface area contributed by atoms with Crippen molar-refractivity contribution in [1.29, 1.82) is 0 Å². The van der Waals surface area contributed by atoms with Gasteiger partial charge in [0.25, 0.3) is 5.91 Å². The molecule has 0 atom stereocenters. The van der Waals surface area contributed by atoms with Gasteiger partial charge in [0, 0.05) is 24.2 Å². The lowest BCUT2D eigenvalue weighted by Crippen LogP contribution is -2.12. The van der Waals surface area contributed by atoms with Crippen LogP contribution in [0.5, 0.6) is 11.5 Å². The molecule has 0 saturated carbocycles. The third-order valence-electron chi connectivity index (χ3n) is 3.54. The number of aromatic nitrogens is 1. The summed E-state index contributed by atoms with van der Waals surface area (Å²) in [6.45, 7) is 5.74. The molecule has 0 saturated heterocycles. The minimum atomic E-state index is -0.260. The van der Waals surface area contributed by atoms with E-state index in [2.05, 4.69) is 16.9 Å². The highest BCUT2D eigenvalue weighted by Crippen LogP contribution is 2.28. The van der Waals surface area contributed by atoms with Crippen LogP contribution in [0.15, 0.2) is 53.5 Å². The number of benzene rings is 2. The van der Waals surface area contributed by atoms with Crippen molar-refractivity contribution < 1.29 is 18.7 Å². The van der Waals surface area contributed by atoms with Gasteiger partial charge in [0.15, 0.2) is 23.0 Å². The smallest absolute Gasteiger partial charge is 0.255 e. The van der Waals surface area contributed by atoms with Crippen LogP contribution >= 0.6 is 0 Å². The van der Waals surface area contributed by atoms with Crippen LogP contribution in [0.1, 0.15) is 16.2 Å². The number of carbonyl (C=O) groups excluding carboxylic acids is 1. The van der Waals surface area contributed by atoms with Gasteiger partial charge in [-0.05, 0) is 30.3 Å². The van der Waals surface area contributed by atoms with E-state index < -0.39 is 0 Å². The van der Waals surface area contributed by atoms with Crippen molar-refractivity contribution in [3.8, 4) is 11.5 Å². The topological polar surface area (TPSA) is 73.6 Å². The first-order valence-electron chi connectivity index (χ1n) is 7.71. The van der Waals surface area contributed by atoms with Gasteiger partial charge in [-0.3, -0.25) is 4.79 Å². The van der Waals surface area contributed by atoms with Gasteiger partial charge in [0.2, 0.25) is 0 Å². The van der Waals surface area contributed by atoms with E-state index >= 15 is 0 Å². The molecule has 0 aliphatic heterocycles. The fourth-order valence-corrected chi connectivity index (χ4v) is 2.40. The number of ether oxygens (including phenoxy) is 2. The van der Waals surface area contributed by atoms with E-state index in [4.69, 9.17) is 13.9 Å². The molecule has 3 rings (SSSR count). The molecular formula is C19H18N2O4. The summed E-state index contributed by atoms with van der Waals surface area (Å²) >= 11 is 0. The number of aryl methyl sites for hydroxylation is 1. The third-order valence-corrected chi connectivity index (χ3v) is 3.54. The molecule has 0 spiro atoms. The van der Waals surface area contributed by atoms with Gasteiger partial charge >= 0.3 is 0 Å². The van der Waals surface area contributed by atoms with Crippen LogP contribution in [0.4, 0.5) is 5.69 Å². The Balaban J connectivity index is 1.80. The molecule has 0 aliphatic carbocycles. The second kappa shape index (κ2) is 7.09. The molecule has 0 fully saturated rings. The molecule has 1 heterocycles. The van der Waals surface area contributed by atoms with Gasteiger partial charge in [0.05, 0.1) is 7.11 Å². The molecule has 6 nitrogen and oxygen atoms in total. The van der Waals surface area contributed by atoms with Crippen LogP contribution in [0.25, 0.3) is 11.1 Å². The Morgan fingerprint density at radius 2 is 2.12 bits per heavy atom. The normalized spacial score (nSPS) is 10.5. The fraction of sp³-hybridized carbons (Fsp3) is 0.158. The Hall–Kier alpha value is -3.28. The van der Waals surface area contributed by atoms with Crippen molar-refractivity contribution in [1.82, 2.24) is 4.98 Å². The predicted molar refractivity (Wildman–Crippen MR) is 95.4 cm³/mol. The minimum absolute atomic E-state index is 0.260. The maximum atomic E-state index is 12.5. The lowest BCUT2D eigenvalue weighted by atomic mass is 10.1. The Morgan fingerprint density at radius 1 is 1.28 bits per heavy atom. The molecule has 0 unspecified atom stereocenters. The molecule has 0 aliphatic rings. The zero-order valence-electron chi connectivity index (χ0n) is 14.0. The number of anilines is 1. The van der Waals surface area contributed by atoms with Crippen molar-refractivity contribution >= 4 is 22.7 Å². The van der Waals surface area contributed by atoms with Crippen molar-refractivity contribution in [2.45, 2.75) is 6.92 Å². The van der Waals surface area contributed by atoms with Crippen molar-refractivity contribution in [2.24, 2.45) is 0 Å². The highest BCUT2D eigenvalue weighted by atomic mass is 16.5. The van der Waals surface area contributed by atoms with Crippen molar-refractivity contribution in [2.75, 3.05) is 19.0 Å². The van der Waals surface area contributed by atoms with Crippen molar-refractivity contribution in [3.63, 3.8) is 0 Å². The van der Waals surface area contributed by atoms with Crippen LogP contribution in [0, 0.1) is 6.92 Å². The monoisotopic (exact) mass is 338 g/mol. The SMILES string of the molecule is C=CCOc1ccc(C(=O)Nc2ccc3nc(C)oc3c2)cc1OC. The van der Waals surface area contributed by atoms with Crippen LogP contribution in [0.2, 0.25) is 0 Å². The highest BCUT2D eigenvalue weighted by Gasteiger charge is 2.12. The van der Waals surface area contributed by atoms with E-state index in [9.17, 15) is 4.79 Å². The van der Waals surface area contributed by atoms with E-state index in [1.54, 1.807) is 49.4 Å². The second-order valence-corrected chi connectivity index (χ2v) is 5.33. The Kier molecular flexibility index (Phi) is 4.70. The van der Waals surface area contributed by atoms with Crippen LogP contribution in [-0.4, -0.2) is 24.6 Å². The van der Waals surface area contributed by atoms with Crippen LogP contribution < -0.4 is 14.8 Å². The van der Waals surface area contributed by atoms with Crippen LogP contribution in [0.3, 0.4) is 0 Å². The molecule has 2 aromatic carbocycles. The molecule has 1 aromatic heterocycles. The summed E-state index contributed by atoms with van der Waals surface area (Å²) in [6.07, 6.45) is 1.64. The summed E-state index contributed by atoms with van der Waals surface area (Å²) in [7, 11) is 1.53. The molecule has 25 heavy (non-hydrogen) atoms. The number of nitrogens with one attached hydrogen (secondary N) is 1. The van der Waals surface area contributed by atoms with Gasteiger partial charge in [-0.1, -0.05) is 12.7 Å². The number of carbonyl (C=O) groups is 1. The van der Waals surface area contributed by atoms with E-state index in [1.807, 2.05) is 0 Å². The predicted octanol–water partition coefficient (Wildman–Crippen LogP) is 3.96. The van der Waals surface area contributed by atoms with Gasteiger partial charge in [-0.15, -0.1) is 0 Å². The van der Waals surface area contributed by atoms with Gasteiger partial charge < -0.3 is 19.2 Å². The maximum Gasteiger partial charge on any atom is 0.255 e. The zero-order chi connectivity index (χ0) is 17.8. The third kappa shape index (κ3) is 3.63. The summed E-state index contributed by atoms with van der Waals surface area (Å²) in [5.74, 6) is 1.36. The molecule has 6 heteroatoms. The van der Waals surface area contributed by atoms with Crippen molar-refractivity contribution in [3.05, 3.63) is 60.5 Å². The maximum absolute atomic E-state index is 12.5. The van der Waals surface area contributed by atoms with E-state index in [-0.39, 0.29) is 5.91 Å². The average molecular weight is 338 g/mol. The largest absolute Gasteiger partial charge is 0.493 e. The van der Waals surface area contributed by atoms with E-state index in [0.29, 0.717) is 40.8 Å². The Morgan fingerprint density at radius 3 is 2.88 bits per heavy atom. The molecule has 3 aromatic rings. The van der Waals surface area contributed by atoms with E-state index in [0.717, 1.165) is 5.52 Å². The number of nitrogens with zero attached hydrogens (tertiary/aromatic N) is 1. The van der Waals surface area contributed by atoms with Gasteiger partial charge in [-0.25, -0.2) is 4.98 Å². The van der Waals surface area contributed by atoms with Crippen LogP contribution in [-0.2, 0) is 0 Å². The first-order valence-corrected chi connectivity index (χ1v) is 7.71. The standard InChI is InChI=1S/C19H18N2O4/c1-4-9-24-16-8-5-13(10-18(16)23-3)19(22)21-14-6-7-15-17(11-14)25-12(2)20-15/h4-8,10-11H,1,9H2,2-3H3,(H,21,22). The summed E-state index contributed by atoms with van der Waals surface area (Å²) in [4.78, 5) is 16.7. The van der Waals surface area contributed by atoms with Gasteiger partial charge in [-0.2, -0.15) is 0 Å². The first-order chi connectivity index (χ1) is 12.1. The number of hydrogen-bond acceptors (Lipinski definition) is 5. The first kappa shape index (κ1) is 16.6. The molecule has 1 N–H and O–H groups in total. The quantitative estimate of drug-likeness (QED) is 0.689. The summed E-state index contributed by atoms with van der Waals surface area (Å²) in [6, 6.07) is 10.3. The molecule has 0 radical (unpaired) electrons. The Labute approximate surface area is 145 Å². The molecule has 128 valence electrons. The number of amides is 1. The summed E-state index contributed by atoms with van der Waals surface area (Å²) in [5.41, 5.74) is 2.46. The number of rotatable bonds is 6. The number of oxazole rings is 1. The minimum Gasteiger partial charge on any atom is -0.493 e. The lowest BCUT2D eigenvalue weighted by molar-refractivity contribution is 0.102. The summed E-state index contributed by atoms with van der Waals surface area (Å²) in [5, 5.41) is 2.83. The second-order valence-electron chi connectivity index (χ2n) is 5.33. The highest BCUT2D eigenvalue weighted by molar-refractivity contribution is 6.05. The number of fused-ring (bicyclic) bond motifs is 1. The summed E-state index contributed by atoms with van der Waals surface area (Å²) < 4.78 is 16.2. The molecule has 0 bridgehead atoms. The average Bonchev–Trinajstić information content (AvgIpc) is 2.99. The molecular weight excluding hydrogens is 320 g/mol. The fourth-order valence-electron chi connectivity index (χ4n) is 2.40. The number of methoxy groups -OCH3 is 1. The van der Waals surface area contributed by atoms with Gasteiger partial charge in [0.1, 0.15) is 12.1 Å².